The van der Waals surface area contributed by atoms with Crippen LogP contribution in [0.3, 0.4) is 0 Å². The van der Waals surface area contributed by atoms with Crippen LogP contribution < -0.4 is 10.5 Å². The van der Waals surface area contributed by atoms with Crippen LogP contribution in [0.4, 0.5) is 10.2 Å². The van der Waals surface area contributed by atoms with E-state index in [1.54, 1.807) is 28.9 Å². The van der Waals surface area contributed by atoms with E-state index in [-0.39, 0.29) is 5.82 Å². The maximum absolute atomic E-state index is 14.8. The lowest BCUT2D eigenvalue weighted by Gasteiger charge is -2.07. The summed E-state index contributed by atoms with van der Waals surface area (Å²) in [5.41, 5.74) is 7.32. The van der Waals surface area contributed by atoms with Crippen molar-refractivity contribution in [2.75, 3.05) is 5.73 Å². The summed E-state index contributed by atoms with van der Waals surface area (Å²) in [6.07, 6.45) is 1.38. The summed E-state index contributed by atoms with van der Waals surface area (Å²) in [6.45, 7) is 2.52. The number of rotatable bonds is 4. The van der Waals surface area contributed by atoms with Crippen molar-refractivity contribution in [1.29, 1.82) is 0 Å². The minimum atomic E-state index is -0.454. The average molecular weight is 349 g/mol. The van der Waals surface area contributed by atoms with Crippen molar-refractivity contribution in [3.05, 3.63) is 60.7 Å². The van der Waals surface area contributed by atoms with Gasteiger partial charge in [-0.15, -0.1) is 0 Å². The minimum Gasteiger partial charge on any atom is -0.457 e. The third-order valence-electron chi connectivity index (χ3n) is 4.03. The summed E-state index contributed by atoms with van der Waals surface area (Å²) >= 11 is 0. The van der Waals surface area contributed by atoms with E-state index in [1.165, 1.54) is 12.4 Å². The third kappa shape index (κ3) is 2.73. The molecule has 0 amide bonds. The maximum Gasteiger partial charge on any atom is 0.163 e. The number of halogens is 1. The standard InChI is InChI=1S/C19H16FN5O/c1-2-25-19-16(18(21)22-11-23-19)17(24-25)14-9-8-13(10-15(14)20)26-12-6-4-3-5-7-12/h3-11H,2H2,1H3,(H2,21,22,23). The Balaban J connectivity index is 1.78. The van der Waals surface area contributed by atoms with Gasteiger partial charge in [0, 0.05) is 18.2 Å². The Bertz CT molecular complexity index is 1080. The summed E-state index contributed by atoms with van der Waals surface area (Å²) in [4.78, 5) is 8.23. The van der Waals surface area contributed by atoms with Crippen LogP contribution in [0.1, 0.15) is 6.92 Å². The normalized spacial score (nSPS) is 11.0. The molecule has 0 saturated carbocycles. The Morgan fingerprint density at radius 3 is 2.62 bits per heavy atom. The molecule has 130 valence electrons. The van der Waals surface area contributed by atoms with Crippen LogP contribution in [0.2, 0.25) is 0 Å². The number of nitrogens with two attached hydrogens (primary N) is 1. The molecule has 4 aromatic rings. The number of ether oxygens (including phenoxy) is 1. The van der Waals surface area contributed by atoms with Gasteiger partial charge in [-0.1, -0.05) is 18.2 Å². The molecule has 2 aromatic heterocycles. The maximum atomic E-state index is 14.8. The topological polar surface area (TPSA) is 78.9 Å². The van der Waals surface area contributed by atoms with Crippen LogP contribution in [0.15, 0.2) is 54.9 Å². The molecule has 0 radical (unpaired) electrons. The van der Waals surface area contributed by atoms with Crippen molar-refractivity contribution in [2.24, 2.45) is 0 Å². The van der Waals surface area contributed by atoms with E-state index in [0.29, 0.717) is 40.3 Å². The first-order valence-electron chi connectivity index (χ1n) is 8.17. The highest BCUT2D eigenvalue weighted by Crippen LogP contribution is 2.33. The smallest absolute Gasteiger partial charge is 0.163 e. The Morgan fingerprint density at radius 2 is 1.88 bits per heavy atom. The first-order chi connectivity index (χ1) is 12.7. The second-order valence-corrected chi connectivity index (χ2v) is 5.68. The van der Waals surface area contributed by atoms with Crippen LogP contribution in [-0.2, 0) is 6.54 Å². The van der Waals surface area contributed by atoms with E-state index in [9.17, 15) is 4.39 Å². The zero-order valence-electron chi connectivity index (χ0n) is 14.1. The highest BCUT2D eigenvalue weighted by atomic mass is 19.1. The molecule has 2 aromatic carbocycles. The number of fused-ring (bicyclic) bond motifs is 1. The Hall–Kier alpha value is -3.48. The van der Waals surface area contributed by atoms with Crippen LogP contribution in [0.5, 0.6) is 11.5 Å². The lowest BCUT2D eigenvalue weighted by atomic mass is 10.1. The number of hydrogen-bond donors (Lipinski definition) is 1. The van der Waals surface area contributed by atoms with E-state index in [0.717, 1.165) is 0 Å². The second kappa shape index (κ2) is 6.44. The van der Waals surface area contributed by atoms with E-state index in [1.807, 2.05) is 25.1 Å². The van der Waals surface area contributed by atoms with Crippen LogP contribution in [-0.4, -0.2) is 19.7 Å². The fourth-order valence-corrected chi connectivity index (χ4v) is 2.82. The molecule has 0 fully saturated rings. The highest BCUT2D eigenvalue weighted by molar-refractivity contribution is 5.98. The van der Waals surface area contributed by atoms with Crippen molar-refractivity contribution in [3.8, 4) is 22.8 Å². The van der Waals surface area contributed by atoms with Crippen LogP contribution >= 0.6 is 0 Å². The predicted molar refractivity (Wildman–Crippen MR) is 97.3 cm³/mol. The van der Waals surface area contributed by atoms with Gasteiger partial charge in [-0.05, 0) is 31.2 Å². The third-order valence-corrected chi connectivity index (χ3v) is 4.03. The highest BCUT2D eigenvalue weighted by Gasteiger charge is 2.19. The van der Waals surface area contributed by atoms with Gasteiger partial charge < -0.3 is 10.5 Å². The van der Waals surface area contributed by atoms with Gasteiger partial charge in [0.1, 0.15) is 35.2 Å². The second-order valence-electron chi connectivity index (χ2n) is 5.68. The van der Waals surface area contributed by atoms with E-state index < -0.39 is 5.82 Å². The van der Waals surface area contributed by atoms with Crippen molar-refractivity contribution in [2.45, 2.75) is 13.5 Å². The van der Waals surface area contributed by atoms with Crippen LogP contribution in [0, 0.1) is 5.82 Å². The number of aryl methyl sites for hydroxylation is 1. The summed E-state index contributed by atoms with van der Waals surface area (Å²) in [6, 6.07) is 13.9. The van der Waals surface area contributed by atoms with E-state index in [4.69, 9.17) is 10.5 Å². The lowest BCUT2D eigenvalue weighted by molar-refractivity contribution is 0.477. The molecule has 6 nitrogen and oxygen atoms in total. The van der Waals surface area contributed by atoms with Gasteiger partial charge >= 0.3 is 0 Å². The van der Waals surface area contributed by atoms with Gasteiger partial charge in [-0.2, -0.15) is 5.10 Å². The molecule has 0 aliphatic carbocycles. The van der Waals surface area contributed by atoms with Gasteiger partial charge in [0.25, 0.3) is 0 Å². The molecule has 2 N–H and O–H groups in total. The molecule has 0 saturated heterocycles. The summed E-state index contributed by atoms with van der Waals surface area (Å²) in [5.74, 6) is 0.858. The number of nitrogens with zero attached hydrogens (tertiary/aromatic N) is 4. The zero-order valence-corrected chi connectivity index (χ0v) is 14.1. The van der Waals surface area contributed by atoms with Crippen molar-refractivity contribution in [1.82, 2.24) is 19.7 Å². The van der Waals surface area contributed by atoms with Gasteiger partial charge in [-0.25, -0.2) is 19.0 Å². The number of aromatic nitrogens is 4. The molecule has 0 aliphatic rings. The monoisotopic (exact) mass is 349 g/mol. The molecule has 7 heteroatoms. The van der Waals surface area contributed by atoms with Crippen molar-refractivity contribution >= 4 is 16.9 Å². The van der Waals surface area contributed by atoms with Gasteiger partial charge in [0.15, 0.2) is 5.65 Å². The lowest BCUT2D eigenvalue weighted by Crippen LogP contribution is -1.98. The van der Waals surface area contributed by atoms with E-state index in [2.05, 4.69) is 15.1 Å². The molecule has 0 unspecified atom stereocenters. The predicted octanol–water partition coefficient (Wildman–Crippen LogP) is 4.03. The molecule has 4 rings (SSSR count). The summed E-state index contributed by atoms with van der Waals surface area (Å²) in [5, 5.41) is 5.01. The minimum absolute atomic E-state index is 0.272. The molecule has 26 heavy (non-hydrogen) atoms. The Kier molecular flexibility index (Phi) is 3.96. The Labute approximate surface area is 149 Å². The summed E-state index contributed by atoms with van der Waals surface area (Å²) in [7, 11) is 0. The average Bonchev–Trinajstić information content (AvgIpc) is 3.03. The Morgan fingerprint density at radius 1 is 1.08 bits per heavy atom. The fourth-order valence-electron chi connectivity index (χ4n) is 2.82. The van der Waals surface area contributed by atoms with Crippen molar-refractivity contribution < 1.29 is 9.13 Å². The van der Waals surface area contributed by atoms with Crippen molar-refractivity contribution in [3.63, 3.8) is 0 Å². The number of anilines is 1. The largest absolute Gasteiger partial charge is 0.457 e. The van der Waals surface area contributed by atoms with E-state index >= 15 is 0 Å². The number of benzene rings is 2. The molecular formula is C19H16FN5O. The van der Waals surface area contributed by atoms with Crippen LogP contribution in [0.25, 0.3) is 22.3 Å². The molecule has 0 atom stereocenters. The summed E-state index contributed by atoms with van der Waals surface area (Å²) < 4.78 is 22.2. The van der Waals surface area contributed by atoms with Gasteiger partial charge in [0.05, 0.1) is 5.39 Å². The molecule has 0 spiro atoms. The van der Waals surface area contributed by atoms with Gasteiger partial charge in [-0.3, -0.25) is 0 Å². The zero-order chi connectivity index (χ0) is 18.1. The fraction of sp³-hybridized carbons (Fsp3) is 0.105. The number of nitrogen functional groups attached to an aromatic ring is 1. The molecule has 2 heterocycles. The SMILES string of the molecule is CCn1nc(-c2ccc(Oc3ccccc3)cc2F)c2c(N)ncnc21. The quantitative estimate of drug-likeness (QED) is 0.602. The number of hydrogen-bond acceptors (Lipinski definition) is 5. The molecule has 0 bridgehead atoms. The number of para-hydroxylation sites is 1. The molecular weight excluding hydrogens is 333 g/mol. The first-order valence-corrected chi connectivity index (χ1v) is 8.17. The van der Waals surface area contributed by atoms with Gasteiger partial charge in [0.2, 0.25) is 0 Å². The molecule has 0 aliphatic heterocycles. The first kappa shape index (κ1) is 16.0.